The molecule has 0 radical (unpaired) electrons. The summed E-state index contributed by atoms with van der Waals surface area (Å²) in [5.41, 5.74) is 0.907. The summed E-state index contributed by atoms with van der Waals surface area (Å²) in [6.45, 7) is 2.69. The van der Waals surface area contributed by atoms with E-state index in [1.165, 1.54) is 12.1 Å². The highest BCUT2D eigenvalue weighted by Crippen LogP contribution is 2.08. The predicted molar refractivity (Wildman–Crippen MR) is 68.2 cm³/mol. The molecule has 0 aromatic heterocycles. The number of morpholine rings is 1. The maximum Gasteiger partial charge on any atom is 0.127 e. The molecule has 17 heavy (non-hydrogen) atoms. The van der Waals surface area contributed by atoms with Crippen LogP contribution in [0, 0.1) is 11.2 Å². The summed E-state index contributed by atoms with van der Waals surface area (Å²) in [6, 6.07) is 5.83. The fraction of sp³-hybridized carbons (Fsp3) is 0.333. The highest BCUT2D eigenvalue weighted by atomic mass is 32.1. The minimum Gasteiger partial charge on any atom is -0.378 e. The zero-order valence-corrected chi connectivity index (χ0v) is 10.1. The molecule has 1 aliphatic heterocycles. The van der Waals surface area contributed by atoms with Crippen molar-refractivity contribution in [2.24, 2.45) is 0 Å². The van der Waals surface area contributed by atoms with Crippen LogP contribution in [0.1, 0.15) is 5.56 Å². The minimum absolute atomic E-state index is 0.266. The average Bonchev–Trinajstić information content (AvgIpc) is 2.39. The Balaban J connectivity index is 2.08. The summed E-state index contributed by atoms with van der Waals surface area (Å²) in [5, 5.41) is 8.00. The van der Waals surface area contributed by atoms with Gasteiger partial charge in [0.2, 0.25) is 0 Å². The van der Waals surface area contributed by atoms with Crippen LogP contribution in [0.3, 0.4) is 0 Å². The van der Waals surface area contributed by atoms with E-state index in [-0.39, 0.29) is 11.5 Å². The first kappa shape index (κ1) is 12.1. The molecule has 0 spiro atoms. The van der Waals surface area contributed by atoms with Gasteiger partial charge >= 0.3 is 0 Å². The molecule has 0 atom stereocenters. The van der Waals surface area contributed by atoms with Crippen molar-refractivity contribution >= 4 is 22.9 Å². The van der Waals surface area contributed by atoms with E-state index in [1.54, 1.807) is 12.1 Å². The van der Waals surface area contributed by atoms with Gasteiger partial charge < -0.3 is 9.64 Å². The second kappa shape index (κ2) is 5.33. The highest BCUT2D eigenvalue weighted by molar-refractivity contribution is 7.82. The first-order valence-electron chi connectivity index (χ1n) is 5.40. The van der Waals surface area contributed by atoms with Crippen LogP contribution in [-0.2, 0) is 4.74 Å². The van der Waals surface area contributed by atoms with Gasteiger partial charge in [0.05, 0.1) is 18.9 Å². The molecular formula is C12H13FN2OS. The molecule has 1 N–H and O–H groups in total. The van der Waals surface area contributed by atoms with Gasteiger partial charge in [-0.1, -0.05) is 12.2 Å². The molecule has 0 saturated carbocycles. The molecule has 5 heteroatoms. The van der Waals surface area contributed by atoms with Crippen LogP contribution < -0.4 is 0 Å². The summed E-state index contributed by atoms with van der Waals surface area (Å²) in [6.07, 6.45) is 0. The molecule has 1 saturated heterocycles. The van der Waals surface area contributed by atoms with Crippen LogP contribution in [0.5, 0.6) is 0 Å². The molecule has 3 nitrogen and oxygen atoms in total. The van der Waals surface area contributed by atoms with Crippen molar-refractivity contribution in [3.63, 3.8) is 0 Å². The van der Waals surface area contributed by atoms with Gasteiger partial charge in [-0.2, -0.15) is 0 Å². The molecule has 1 aromatic rings. The highest BCUT2D eigenvalue weighted by Gasteiger charge is 2.18. The van der Waals surface area contributed by atoms with E-state index in [4.69, 9.17) is 22.4 Å². The predicted octanol–water partition coefficient (Wildman–Crippen LogP) is 1.85. The van der Waals surface area contributed by atoms with Crippen LogP contribution in [-0.4, -0.2) is 41.9 Å². The maximum absolute atomic E-state index is 12.8. The Bertz CT molecular complexity index is 427. The molecule has 0 aliphatic carbocycles. The van der Waals surface area contributed by atoms with E-state index in [1.807, 2.05) is 4.90 Å². The molecule has 1 aromatic carbocycles. The van der Waals surface area contributed by atoms with Gasteiger partial charge in [-0.3, -0.25) is 5.41 Å². The number of nitrogens with one attached hydrogen (secondary N) is 1. The Morgan fingerprint density at radius 2 is 1.82 bits per heavy atom. The van der Waals surface area contributed by atoms with Crippen LogP contribution in [0.15, 0.2) is 24.3 Å². The van der Waals surface area contributed by atoms with Crippen molar-refractivity contribution in [1.82, 2.24) is 4.90 Å². The Morgan fingerprint density at radius 1 is 1.24 bits per heavy atom. The van der Waals surface area contributed by atoms with Crippen LogP contribution in [0.2, 0.25) is 0 Å². The molecule has 90 valence electrons. The van der Waals surface area contributed by atoms with Crippen molar-refractivity contribution in [3.05, 3.63) is 35.6 Å². The third-order valence-corrected chi connectivity index (χ3v) is 3.11. The lowest BCUT2D eigenvalue weighted by atomic mass is 10.1. The van der Waals surface area contributed by atoms with Gasteiger partial charge in [-0.05, 0) is 24.3 Å². The molecule has 1 heterocycles. The molecule has 0 unspecified atom stereocenters. The lowest BCUT2D eigenvalue weighted by molar-refractivity contribution is 0.0698. The first-order valence-corrected chi connectivity index (χ1v) is 5.81. The van der Waals surface area contributed by atoms with Gasteiger partial charge in [-0.25, -0.2) is 4.39 Å². The molecule has 0 amide bonds. The quantitative estimate of drug-likeness (QED) is 0.644. The van der Waals surface area contributed by atoms with Crippen molar-refractivity contribution in [3.8, 4) is 0 Å². The zero-order valence-electron chi connectivity index (χ0n) is 9.28. The Hall–Kier alpha value is -1.33. The van der Waals surface area contributed by atoms with Gasteiger partial charge in [0.15, 0.2) is 0 Å². The topological polar surface area (TPSA) is 36.3 Å². The fourth-order valence-corrected chi connectivity index (χ4v) is 1.97. The summed E-state index contributed by atoms with van der Waals surface area (Å²) >= 11 is 5.26. The second-order valence-electron chi connectivity index (χ2n) is 3.79. The van der Waals surface area contributed by atoms with Gasteiger partial charge in [0.1, 0.15) is 10.8 Å². The number of hydrogen-bond donors (Lipinski definition) is 1. The van der Waals surface area contributed by atoms with Crippen molar-refractivity contribution in [2.45, 2.75) is 0 Å². The third-order valence-electron chi connectivity index (χ3n) is 2.65. The number of thiocarbonyl (C=S) groups is 1. The van der Waals surface area contributed by atoms with E-state index in [0.717, 1.165) is 0 Å². The summed E-state index contributed by atoms with van der Waals surface area (Å²) in [7, 11) is 0. The van der Waals surface area contributed by atoms with E-state index in [9.17, 15) is 4.39 Å². The Labute approximate surface area is 105 Å². The standard InChI is InChI=1S/C12H13FN2OS/c13-10-3-1-9(2-4-10)11(14)12(17)15-5-7-16-8-6-15/h1-4,14H,5-8H2. The fourth-order valence-electron chi connectivity index (χ4n) is 1.66. The average molecular weight is 252 g/mol. The van der Waals surface area contributed by atoms with Crippen molar-refractivity contribution in [2.75, 3.05) is 26.3 Å². The number of halogens is 1. The Kier molecular flexibility index (Phi) is 3.81. The number of ether oxygens (including phenoxy) is 1. The summed E-state index contributed by atoms with van der Waals surface area (Å²) < 4.78 is 18.0. The first-order chi connectivity index (χ1) is 8.18. The summed E-state index contributed by atoms with van der Waals surface area (Å²) in [4.78, 5) is 2.45. The van der Waals surface area contributed by atoms with E-state index >= 15 is 0 Å². The number of hydrogen-bond acceptors (Lipinski definition) is 3. The van der Waals surface area contributed by atoms with Crippen molar-refractivity contribution in [1.29, 1.82) is 5.41 Å². The molecule has 0 bridgehead atoms. The lowest BCUT2D eigenvalue weighted by Gasteiger charge is -2.29. The summed E-state index contributed by atoms with van der Waals surface area (Å²) in [5.74, 6) is -0.307. The SMILES string of the molecule is N=C(C(=S)N1CCOCC1)c1ccc(F)cc1. The van der Waals surface area contributed by atoms with E-state index < -0.39 is 0 Å². The zero-order chi connectivity index (χ0) is 12.3. The number of nitrogens with zero attached hydrogens (tertiary/aromatic N) is 1. The normalized spacial score (nSPS) is 15.7. The number of benzene rings is 1. The van der Waals surface area contributed by atoms with E-state index in [2.05, 4.69) is 0 Å². The monoisotopic (exact) mass is 252 g/mol. The number of rotatable bonds is 2. The van der Waals surface area contributed by atoms with Gasteiger partial charge in [0, 0.05) is 18.7 Å². The van der Waals surface area contributed by atoms with Gasteiger partial charge in [-0.15, -0.1) is 0 Å². The van der Waals surface area contributed by atoms with Crippen LogP contribution >= 0.6 is 12.2 Å². The van der Waals surface area contributed by atoms with E-state index in [0.29, 0.717) is 36.9 Å². The third kappa shape index (κ3) is 2.87. The lowest BCUT2D eigenvalue weighted by Crippen LogP contribution is -2.43. The van der Waals surface area contributed by atoms with Crippen LogP contribution in [0.4, 0.5) is 4.39 Å². The molecular weight excluding hydrogens is 239 g/mol. The van der Waals surface area contributed by atoms with Gasteiger partial charge in [0.25, 0.3) is 0 Å². The van der Waals surface area contributed by atoms with Crippen molar-refractivity contribution < 1.29 is 9.13 Å². The van der Waals surface area contributed by atoms with Crippen LogP contribution in [0.25, 0.3) is 0 Å². The smallest absolute Gasteiger partial charge is 0.127 e. The Morgan fingerprint density at radius 3 is 2.41 bits per heavy atom. The maximum atomic E-state index is 12.8. The molecule has 2 rings (SSSR count). The molecule has 1 aliphatic rings. The second-order valence-corrected chi connectivity index (χ2v) is 4.17. The largest absolute Gasteiger partial charge is 0.378 e. The molecule has 1 fully saturated rings. The minimum atomic E-state index is -0.307.